The van der Waals surface area contributed by atoms with Gasteiger partial charge in [-0.3, -0.25) is 0 Å². The lowest BCUT2D eigenvalue weighted by Gasteiger charge is -2.07. The molecular formula is C8H4F4N2O. The summed E-state index contributed by atoms with van der Waals surface area (Å²) < 4.78 is 51.3. The van der Waals surface area contributed by atoms with Crippen LogP contribution in [0.1, 0.15) is 5.56 Å². The number of hydrogen-bond acceptors (Lipinski definition) is 3. The van der Waals surface area contributed by atoms with Crippen molar-refractivity contribution in [3.8, 4) is 11.9 Å². The van der Waals surface area contributed by atoms with E-state index >= 15 is 0 Å². The Morgan fingerprint density at radius 1 is 1.40 bits per heavy atom. The third kappa shape index (κ3) is 3.42. The molecule has 0 saturated heterocycles. The average Bonchev–Trinajstić information content (AvgIpc) is 2.07. The number of rotatable bonds is 2. The van der Waals surface area contributed by atoms with Gasteiger partial charge in [0.2, 0.25) is 11.8 Å². The van der Waals surface area contributed by atoms with E-state index < -0.39 is 18.2 Å². The van der Waals surface area contributed by atoms with Crippen molar-refractivity contribution >= 4 is 0 Å². The zero-order valence-corrected chi connectivity index (χ0v) is 7.18. The predicted molar refractivity (Wildman–Crippen MR) is 40.2 cm³/mol. The van der Waals surface area contributed by atoms with Crippen LogP contribution in [0, 0.1) is 17.3 Å². The van der Waals surface area contributed by atoms with Crippen LogP contribution >= 0.6 is 0 Å². The SMILES string of the molecule is N#CCc1ccc(OC(F)(F)F)nc1F. The van der Waals surface area contributed by atoms with Crippen molar-refractivity contribution in [2.45, 2.75) is 12.8 Å². The molecule has 1 heterocycles. The Kier molecular flexibility index (Phi) is 3.09. The zero-order chi connectivity index (χ0) is 11.5. The first-order valence-electron chi connectivity index (χ1n) is 3.70. The maximum Gasteiger partial charge on any atom is 0.574 e. The lowest BCUT2D eigenvalue weighted by atomic mass is 10.2. The summed E-state index contributed by atoms with van der Waals surface area (Å²) in [5.74, 6) is -2.03. The van der Waals surface area contributed by atoms with Gasteiger partial charge in [0, 0.05) is 11.6 Å². The van der Waals surface area contributed by atoms with E-state index in [0.717, 1.165) is 12.1 Å². The monoisotopic (exact) mass is 220 g/mol. The van der Waals surface area contributed by atoms with Gasteiger partial charge in [-0.25, -0.2) is 0 Å². The molecular weight excluding hydrogens is 216 g/mol. The van der Waals surface area contributed by atoms with Gasteiger partial charge < -0.3 is 4.74 Å². The van der Waals surface area contributed by atoms with Crippen LogP contribution in [0.15, 0.2) is 12.1 Å². The Labute approximate surface area is 81.9 Å². The van der Waals surface area contributed by atoms with Crippen molar-refractivity contribution in [1.29, 1.82) is 5.26 Å². The second-order valence-corrected chi connectivity index (χ2v) is 2.48. The summed E-state index contributed by atoms with van der Waals surface area (Å²) in [7, 11) is 0. The molecule has 0 N–H and O–H groups in total. The van der Waals surface area contributed by atoms with Gasteiger partial charge >= 0.3 is 6.36 Å². The van der Waals surface area contributed by atoms with Crippen LogP contribution in [0.25, 0.3) is 0 Å². The lowest BCUT2D eigenvalue weighted by molar-refractivity contribution is -0.276. The summed E-state index contributed by atoms with van der Waals surface area (Å²) in [5.41, 5.74) is -0.0768. The third-order valence-electron chi connectivity index (χ3n) is 1.39. The van der Waals surface area contributed by atoms with Gasteiger partial charge in [0.1, 0.15) is 0 Å². The van der Waals surface area contributed by atoms with Gasteiger partial charge in [-0.05, 0) is 6.07 Å². The van der Waals surface area contributed by atoms with Gasteiger partial charge in [0.15, 0.2) is 0 Å². The van der Waals surface area contributed by atoms with Gasteiger partial charge in [0.05, 0.1) is 12.5 Å². The number of nitrogens with zero attached hydrogens (tertiary/aromatic N) is 2. The second-order valence-electron chi connectivity index (χ2n) is 2.48. The van der Waals surface area contributed by atoms with E-state index in [1.54, 1.807) is 6.07 Å². The normalized spacial score (nSPS) is 10.9. The fraction of sp³-hybridized carbons (Fsp3) is 0.250. The van der Waals surface area contributed by atoms with Gasteiger partial charge in [-0.1, -0.05) is 0 Å². The molecule has 1 rings (SSSR count). The largest absolute Gasteiger partial charge is 0.574 e. The van der Waals surface area contributed by atoms with Crippen molar-refractivity contribution in [3.63, 3.8) is 0 Å². The van der Waals surface area contributed by atoms with Crippen LogP contribution < -0.4 is 4.74 Å². The number of hydrogen-bond donors (Lipinski definition) is 0. The molecule has 15 heavy (non-hydrogen) atoms. The molecule has 7 heteroatoms. The van der Waals surface area contributed by atoms with Crippen LogP contribution in [0.3, 0.4) is 0 Å². The number of alkyl halides is 3. The van der Waals surface area contributed by atoms with E-state index in [-0.39, 0.29) is 12.0 Å². The first kappa shape index (κ1) is 11.2. The summed E-state index contributed by atoms with van der Waals surface area (Å²) >= 11 is 0. The number of ether oxygens (including phenoxy) is 1. The zero-order valence-electron chi connectivity index (χ0n) is 7.18. The smallest absolute Gasteiger partial charge is 0.388 e. The van der Waals surface area contributed by atoms with E-state index in [1.807, 2.05) is 0 Å². The molecule has 1 aromatic heterocycles. The lowest BCUT2D eigenvalue weighted by Crippen LogP contribution is -2.18. The molecule has 80 valence electrons. The Hall–Kier alpha value is -1.84. The molecule has 0 aromatic carbocycles. The summed E-state index contributed by atoms with van der Waals surface area (Å²) in [6.07, 6.45) is -5.17. The molecule has 0 radical (unpaired) electrons. The number of pyridine rings is 1. The van der Waals surface area contributed by atoms with Crippen molar-refractivity contribution in [2.24, 2.45) is 0 Å². The van der Waals surface area contributed by atoms with Gasteiger partial charge in [-0.2, -0.15) is 14.6 Å². The molecule has 0 amide bonds. The molecule has 3 nitrogen and oxygen atoms in total. The van der Waals surface area contributed by atoms with Gasteiger partial charge in [0.25, 0.3) is 0 Å². The minimum Gasteiger partial charge on any atom is -0.388 e. The van der Waals surface area contributed by atoms with Crippen molar-refractivity contribution in [2.75, 3.05) is 0 Å². The van der Waals surface area contributed by atoms with E-state index in [4.69, 9.17) is 5.26 Å². The maximum atomic E-state index is 12.9. The summed E-state index contributed by atoms with van der Waals surface area (Å²) in [4.78, 5) is 2.92. The highest BCUT2D eigenvalue weighted by Gasteiger charge is 2.32. The Morgan fingerprint density at radius 2 is 2.07 bits per heavy atom. The molecule has 0 aliphatic rings. The van der Waals surface area contributed by atoms with E-state index in [1.165, 1.54) is 0 Å². The second kappa shape index (κ2) is 4.13. The first-order chi connectivity index (χ1) is 6.92. The summed E-state index contributed by atoms with van der Waals surface area (Å²) in [5, 5.41) is 8.24. The maximum absolute atomic E-state index is 12.9. The quantitative estimate of drug-likeness (QED) is 0.566. The van der Waals surface area contributed by atoms with E-state index in [0.29, 0.717) is 0 Å². The molecule has 0 aliphatic heterocycles. The van der Waals surface area contributed by atoms with E-state index in [9.17, 15) is 17.6 Å². The van der Waals surface area contributed by atoms with Crippen molar-refractivity contribution in [3.05, 3.63) is 23.6 Å². The molecule has 0 spiro atoms. The molecule has 1 aromatic rings. The predicted octanol–water partition coefficient (Wildman–Crippen LogP) is 2.19. The number of nitriles is 1. The molecule has 0 bridgehead atoms. The fourth-order valence-electron chi connectivity index (χ4n) is 0.839. The average molecular weight is 220 g/mol. The Morgan fingerprint density at radius 3 is 2.53 bits per heavy atom. The minimum atomic E-state index is -4.91. The minimum absolute atomic E-state index is 0.0768. The summed E-state index contributed by atoms with van der Waals surface area (Å²) in [6, 6.07) is 3.52. The van der Waals surface area contributed by atoms with Crippen LogP contribution in [0.2, 0.25) is 0 Å². The van der Waals surface area contributed by atoms with Crippen LogP contribution in [-0.2, 0) is 6.42 Å². The topological polar surface area (TPSA) is 45.9 Å². The molecule has 0 aliphatic carbocycles. The Balaban J connectivity index is 2.88. The number of aromatic nitrogens is 1. The fourth-order valence-corrected chi connectivity index (χ4v) is 0.839. The van der Waals surface area contributed by atoms with E-state index in [2.05, 4.69) is 9.72 Å². The summed E-state index contributed by atoms with van der Waals surface area (Å²) in [6.45, 7) is 0. The number of halogens is 4. The molecule has 0 fully saturated rings. The molecule has 0 saturated carbocycles. The molecule has 0 atom stereocenters. The van der Waals surface area contributed by atoms with Crippen molar-refractivity contribution in [1.82, 2.24) is 4.98 Å². The first-order valence-corrected chi connectivity index (χ1v) is 3.70. The Bertz CT molecular complexity index is 397. The third-order valence-corrected chi connectivity index (χ3v) is 1.39. The standard InChI is InChI=1S/C8H4F4N2O/c9-7-5(3-4-13)1-2-6(14-7)15-8(10,11)12/h1-2H,3H2. The highest BCUT2D eigenvalue weighted by Crippen LogP contribution is 2.21. The molecule has 0 unspecified atom stereocenters. The van der Waals surface area contributed by atoms with Gasteiger partial charge in [-0.15, -0.1) is 13.2 Å². The van der Waals surface area contributed by atoms with Crippen LogP contribution in [0.4, 0.5) is 17.6 Å². The van der Waals surface area contributed by atoms with Crippen molar-refractivity contribution < 1.29 is 22.3 Å². The van der Waals surface area contributed by atoms with Crippen LogP contribution in [-0.4, -0.2) is 11.3 Å². The highest BCUT2D eigenvalue weighted by atomic mass is 19.4. The highest BCUT2D eigenvalue weighted by molar-refractivity contribution is 5.21. The van der Waals surface area contributed by atoms with Crippen LogP contribution in [0.5, 0.6) is 5.88 Å².